The van der Waals surface area contributed by atoms with Crippen molar-refractivity contribution in [2.75, 3.05) is 38.5 Å². The van der Waals surface area contributed by atoms with Crippen LogP contribution in [-0.2, 0) is 4.74 Å². The molecule has 26 heavy (non-hydrogen) atoms. The molecule has 146 valence electrons. The van der Waals surface area contributed by atoms with Gasteiger partial charge in [-0.2, -0.15) is 0 Å². The molecule has 1 fully saturated rings. The minimum atomic E-state index is -0.0746. The van der Waals surface area contributed by atoms with Crippen molar-refractivity contribution in [1.82, 2.24) is 15.5 Å². The van der Waals surface area contributed by atoms with Crippen LogP contribution < -0.4 is 10.6 Å². The van der Waals surface area contributed by atoms with Crippen LogP contribution in [0.3, 0.4) is 0 Å². The van der Waals surface area contributed by atoms with Gasteiger partial charge in [-0.1, -0.05) is 6.07 Å². The zero-order valence-electron chi connectivity index (χ0n) is 16.5. The van der Waals surface area contributed by atoms with E-state index < -0.39 is 0 Å². The molecule has 0 saturated carbocycles. The zero-order chi connectivity index (χ0) is 18.9. The van der Waals surface area contributed by atoms with E-state index in [1.807, 2.05) is 0 Å². The van der Waals surface area contributed by atoms with Crippen LogP contribution in [0.2, 0.25) is 0 Å². The Hall–Kier alpha value is -1.24. The molecule has 0 unspecified atom stereocenters. The quantitative estimate of drug-likeness (QED) is 0.538. The molecule has 1 aromatic carbocycles. The normalized spacial score (nSPS) is 20.8. The molecule has 1 heterocycles. The van der Waals surface area contributed by atoms with E-state index in [4.69, 9.17) is 4.74 Å². The van der Waals surface area contributed by atoms with Crippen molar-refractivity contribution < 1.29 is 9.53 Å². The number of hydrogen-bond acceptors (Lipinski definition) is 4. The highest BCUT2D eigenvalue weighted by atomic mass is 32.2. The predicted molar refractivity (Wildman–Crippen MR) is 109 cm³/mol. The van der Waals surface area contributed by atoms with Crippen molar-refractivity contribution in [3.05, 3.63) is 29.3 Å². The highest BCUT2D eigenvalue weighted by molar-refractivity contribution is 7.99. The Labute approximate surface area is 162 Å². The fraction of sp³-hybridized carbons (Fsp3) is 0.650. The summed E-state index contributed by atoms with van der Waals surface area (Å²) in [6.45, 7) is 12.8. The molecule has 1 saturated heterocycles. The van der Waals surface area contributed by atoms with Crippen molar-refractivity contribution in [2.45, 2.75) is 51.2 Å². The van der Waals surface area contributed by atoms with Crippen molar-refractivity contribution in [3.63, 3.8) is 0 Å². The summed E-state index contributed by atoms with van der Waals surface area (Å²) in [7, 11) is 0. The van der Waals surface area contributed by atoms with Crippen LogP contribution in [0.15, 0.2) is 23.1 Å². The van der Waals surface area contributed by atoms with Gasteiger partial charge in [0.1, 0.15) is 0 Å². The molecule has 1 aliphatic heterocycles. The van der Waals surface area contributed by atoms with Gasteiger partial charge in [0.05, 0.1) is 12.2 Å². The third-order valence-electron chi connectivity index (χ3n) is 4.57. The molecule has 0 aliphatic carbocycles. The van der Waals surface area contributed by atoms with E-state index in [9.17, 15) is 4.79 Å². The summed E-state index contributed by atoms with van der Waals surface area (Å²) in [5.41, 5.74) is 2.62. The average Bonchev–Trinajstić information content (AvgIpc) is 2.58. The topological polar surface area (TPSA) is 53.6 Å². The molecule has 5 nitrogen and oxygen atoms in total. The van der Waals surface area contributed by atoms with Gasteiger partial charge in [-0.15, -0.1) is 11.8 Å². The number of urea groups is 1. The van der Waals surface area contributed by atoms with Crippen LogP contribution in [0.4, 0.5) is 4.79 Å². The number of morpholine rings is 1. The van der Waals surface area contributed by atoms with E-state index in [2.05, 4.69) is 61.4 Å². The molecule has 2 amide bonds. The lowest BCUT2D eigenvalue weighted by molar-refractivity contribution is -0.0679. The molecule has 0 bridgehead atoms. The maximum atomic E-state index is 11.8. The fourth-order valence-corrected chi connectivity index (χ4v) is 4.04. The largest absolute Gasteiger partial charge is 0.373 e. The summed E-state index contributed by atoms with van der Waals surface area (Å²) in [6.07, 6.45) is 1.55. The van der Waals surface area contributed by atoms with Crippen LogP contribution in [-0.4, -0.2) is 61.6 Å². The van der Waals surface area contributed by atoms with Crippen LogP contribution in [0.25, 0.3) is 0 Å². The first kappa shape index (κ1) is 21.1. The molecule has 1 aromatic rings. The first-order valence-electron chi connectivity index (χ1n) is 9.53. The second kappa shape index (κ2) is 10.8. The highest BCUT2D eigenvalue weighted by Gasteiger charge is 2.21. The molecule has 0 spiro atoms. The van der Waals surface area contributed by atoms with Gasteiger partial charge in [-0.05, 0) is 57.4 Å². The van der Waals surface area contributed by atoms with Crippen LogP contribution in [0.5, 0.6) is 0 Å². The van der Waals surface area contributed by atoms with Gasteiger partial charge in [0.15, 0.2) is 0 Å². The lowest BCUT2D eigenvalue weighted by Crippen LogP contribution is -2.46. The van der Waals surface area contributed by atoms with Crippen LogP contribution in [0, 0.1) is 13.8 Å². The number of nitrogens with zero attached hydrogens (tertiary/aromatic N) is 1. The Morgan fingerprint density at radius 2 is 1.85 bits per heavy atom. The minimum Gasteiger partial charge on any atom is -0.373 e. The lowest BCUT2D eigenvalue weighted by atomic mass is 10.1. The Kier molecular flexibility index (Phi) is 8.75. The van der Waals surface area contributed by atoms with Crippen molar-refractivity contribution in [3.8, 4) is 0 Å². The van der Waals surface area contributed by atoms with E-state index in [1.54, 1.807) is 11.8 Å². The number of ether oxygens (including phenoxy) is 1. The maximum Gasteiger partial charge on any atom is 0.314 e. The number of rotatable bonds is 8. The van der Waals surface area contributed by atoms with Gasteiger partial charge in [0, 0.05) is 43.4 Å². The summed E-state index contributed by atoms with van der Waals surface area (Å²) in [4.78, 5) is 15.5. The van der Waals surface area contributed by atoms with Crippen LogP contribution >= 0.6 is 11.8 Å². The zero-order valence-corrected chi connectivity index (χ0v) is 17.3. The highest BCUT2D eigenvalue weighted by Crippen LogP contribution is 2.20. The first-order valence-corrected chi connectivity index (χ1v) is 10.5. The predicted octanol–water partition coefficient (Wildman–Crippen LogP) is 3.19. The SMILES string of the molecule is Cc1ccc(SCCNC(=O)NCCCN2C[C@@H](C)O[C@@H](C)C2)cc1C. The van der Waals surface area contributed by atoms with E-state index in [-0.39, 0.29) is 6.03 Å². The number of nitrogens with one attached hydrogen (secondary N) is 2. The van der Waals surface area contributed by atoms with Crippen molar-refractivity contribution in [2.24, 2.45) is 0 Å². The van der Waals surface area contributed by atoms with Crippen molar-refractivity contribution >= 4 is 17.8 Å². The molecule has 1 aliphatic rings. The van der Waals surface area contributed by atoms with Gasteiger partial charge in [-0.3, -0.25) is 4.90 Å². The number of carbonyl (C=O) groups excluding carboxylic acids is 1. The van der Waals surface area contributed by atoms with E-state index >= 15 is 0 Å². The number of hydrogen-bond donors (Lipinski definition) is 2. The van der Waals surface area contributed by atoms with Gasteiger partial charge in [0.2, 0.25) is 0 Å². The number of thioether (sulfide) groups is 1. The monoisotopic (exact) mass is 379 g/mol. The maximum absolute atomic E-state index is 11.8. The van der Waals surface area contributed by atoms with Crippen molar-refractivity contribution in [1.29, 1.82) is 0 Å². The molecular formula is C20H33N3O2S. The fourth-order valence-electron chi connectivity index (χ4n) is 3.17. The molecule has 2 rings (SSSR count). The number of carbonyl (C=O) groups is 1. The van der Waals surface area contributed by atoms with E-state index in [0.29, 0.717) is 25.3 Å². The van der Waals surface area contributed by atoms with Gasteiger partial charge >= 0.3 is 6.03 Å². The Morgan fingerprint density at radius 1 is 1.15 bits per heavy atom. The van der Waals surface area contributed by atoms with E-state index in [1.165, 1.54) is 16.0 Å². The number of aryl methyl sites for hydroxylation is 2. The molecular weight excluding hydrogens is 346 g/mol. The molecule has 0 radical (unpaired) electrons. The third-order valence-corrected chi connectivity index (χ3v) is 5.56. The lowest BCUT2D eigenvalue weighted by Gasteiger charge is -2.35. The molecule has 2 atom stereocenters. The third kappa shape index (κ3) is 7.56. The Balaban J connectivity index is 1.51. The minimum absolute atomic E-state index is 0.0746. The van der Waals surface area contributed by atoms with Crippen LogP contribution in [0.1, 0.15) is 31.4 Å². The first-order chi connectivity index (χ1) is 12.4. The van der Waals surface area contributed by atoms with Gasteiger partial charge in [-0.25, -0.2) is 4.79 Å². The summed E-state index contributed by atoms with van der Waals surface area (Å²) < 4.78 is 5.74. The number of amides is 2. The Bertz CT molecular complexity index is 572. The summed E-state index contributed by atoms with van der Waals surface area (Å²) in [5, 5.41) is 5.87. The summed E-state index contributed by atoms with van der Waals surface area (Å²) >= 11 is 1.77. The summed E-state index contributed by atoms with van der Waals surface area (Å²) in [6, 6.07) is 6.41. The molecule has 0 aromatic heterocycles. The smallest absolute Gasteiger partial charge is 0.314 e. The van der Waals surface area contributed by atoms with Gasteiger partial charge in [0.25, 0.3) is 0 Å². The summed E-state index contributed by atoms with van der Waals surface area (Å²) in [5.74, 6) is 0.874. The number of benzene rings is 1. The van der Waals surface area contributed by atoms with Gasteiger partial charge < -0.3 is 15.4 Å². The molecule has 2 N–H and O–H groups in total. The second-order valence-electron chi connectivity index (χ2n) is 7.15. The standard InChI is InChI=1S/C20H33N3O2S/c1-15-6-7-19(12-16(15)2)26-11-9-22-20(24)21-8-5-10-23-13-17(3)25-18(4)14-23/h6-7,12,17-18H,5,8-11,13-14H2,1-4H3,(H2,21,22,24)/t17-,18+. The Morgan fingerprint density at radius 3 is 2.54 bits per heavy atom. The average molecular weight is 380 g/mol. The second-order valence-corrected chi connectivity index (χ2v) is 8.32. The molecule has 6 heteroatoms. The van der Waals surface area contributed by atoms with E-state index in [0.717, 1.165) is 31.8 Å².